The first kappa shape index (κ1) is 16.3. The number of anilines is 1. The Balaban J connectivity index is 2.13. The maximum absolute atomic E-state index is 13.8. The van der Waals surface area contributed by atoms with Crippen LogP contribution in [0.15, 0.2) is 12.1 Å². The quantitative estimate of drug-likeness (QED) is 0.867. The topological polar surface area (TPSA) is 49.4 Å². The number of halogens is 3. The van der Waals surface area contributed by atoms with Crippen LogP contribution in [0.3, 0.4) is 0 Å². The van der Waals surface area contributed by atoms with Crippen molar-refractivity contribution in [3.63, 3.8) is 0 Å². The number of hydrogen-bond acceptors (Lipinski definition) is 2. The Morgan fingerprint density at radius 3 is 2.64 bits per heavy atom. The molecular formula is C15H17F3N2O2. The third-order valence-corrected chi connectivity index (χ3v) is 3.49. The number of carbonyl (C=O) groups is 2. The van der Waals surface area contributed by atoms with Crippen LogP contribution in [-0.4, -0.2) is 24.9 Å². The smallest absolute Gasteiger partial charge is 0.227 e. The van der Waals surface area contributed by atoms with Crippen molar-refractivity contribution in [2.75, 3.05) is 18.0 Å². The van der Waals surface area contributed by atoms with Crippen molar-refractivity contribution in [3.05, 3.63) is 29.6 Å². The van der Waals surface area contributed by atoms with E-state index in [2.05, 4.69) is 5.32 Å². The highest BCUT2D eigenvalue weighted by Crippen LogP contribution is 2.29. The van der Waals surface area contributed by atoms with Gasteiger partial charge in [-0.1, -0.05) is 13.8 Å². The summed E-state index contributed by atoms with van der Waals surface area (Å²) in [5.74, 6) is -5.52. The molecule has 0 radical (unpaired) electrons. The fraction of sp³-hybridized carbons (Fsp3) is 0.467. The summed E-state index contributed by atoms with van der Waals surface area (Å²) in [6.45, 7) is 4.29. The molecule has 0 saturated carbocycles. The zero-order valence-corrected chi connectivity index (χ0v) is 12.3. The Kier molecular flexibility index (Phi) is 4.73. The van der Waals surface area contributed by atoms with Crippen LogP contribution in [0.1, 0.15) is 20.3 Å². The molecule has 1 atom stereocenters. The first-order chi connectivity index (χ1) is 10.3. The lowest BCUT2D eigenvalue weighted by atomic mass is 10.1. The van der Waals surface area contributed by atoms with E-state index in [1.807, 2.05) is 13.8 Å². The molecule has 120 valence electrons. The number of amides is 2. The first-order valence-corrected chi connectivity index (χ1v) is 7.02. The van der Waals surface area contributed by atoms with Crippen LogP contribution >= 0.6 is 0 Å². The van der Waals surface area contributed by atoms with E-state index in [1.54, 1.807) is 0 Å². The molecule has 1 saturated heterocycles. The monoisotopic (exact) mass is 314 g/mol. The van der Waals surface area contributed by atoms with Gasteiger partial charge in [-0.3, -0.25) is 9.59 Å². The third kappa shape index (κ3) is 3.23. The molecule has 22 heavy (non-hydrogen) atoms. The van der Waals surface area contributed by atoms with Crippen molar-refractivity contribution in [3.8, 4) is 0 Å². The van der Waals surface area contributed by atoms with Gasteiger partial charge in [0.2, 0.25) is 11.8 Å². The largest absolute Gasteiger partial charge is 0.356 e. The molecule has 2 amide bonds. The summed E-state index contributed by atoms with van der Waals surface area (Å²) >= 11 is 0. The molecule has 1 heterocycles. The molecule has 2 rings (SSSR count). The SMILES string of the molecule is CC(C)CNC(=O)C1CC(=O)N(c2ccc(F)c(F)c2F)C1. The van der Waals surface area contributed by atoms with Crippen LogP contribution in [-0.2, 0) is 9.59 Å². The normalized spacial score (nSPS) is 18.2. The highest BCUT2D eigenvalue weighted by molar-refractivity contribution is 6.00. The number of benzene rings is 1. The van der Waals surface area contributed by atoms with Gasteiger partial charge >= 0.3 is 0 Å². The Morgan fingerprint density at radius 1 is 1.32 bits per heavy atom. The molecule has 1 aromatic rings. The predicted molar refractivity (Wildman–Crippen MR) is 74.6 cm³/mol. The summed E-state index contributed by atoms with van der Waals surface area (Å²) < 4.78 is 40.0. The lowest BCUT2D eigenvalue weighted by Gasteiger charge is -2.18. The summed E-state index contributed by atoms with van der Waals surface area (Å²) in [6.07, 6.45) is -0.0810. The molecule has 1 aliphatic rings. The fourth-order valence-corrected chi connectivity index (χ4v) is 2.29. The van der Waals surface area contributed by atoms with Crippen molar-refractivity contribution in [2.45, 2.75) is 20.3 Å². The van der Waals surface area contributed by atoms with Gasteiger partial charge in [-0.25, -0.2) is 13.2 Å². The van der Waals surface area contributed by atoms with E-state index in [0.717, 1.165) is 17.0 Å². The second-order valence-corrected chi connectivity index (χ2v) is 5.74. The van der Waals surface area contributed by atoms with Gasteiger partial charge in [0.25, 0.3) is 0 Å². The molecule has 1 N–H and O–H groups in total. The molecule has 0 aliphatic carbocycles. The predicted octanol–water partition coefficient (Wildman–Crippen LogP) is 2.23. The van der Waals surface area contributed by atoms with Gasteiger partial charge < -0.3 is 10.2 Å². The van der Waals surface area contributed by atoms with Gasteiger partial charge in [0.15, 0.2) is 17.5 Å². The van der Waals surface area contributed by atoms with Gasteiger partial charge in [-0.2, -0.15) is 0 Å². The summed E-state index contributed by atoms with van der Waals surface area (Å²) in [5, 5.41) is 2.71. The maximum atomic E-state index is 13.8. The van der Waals surface area contributed by atoms with E-state index in [-0.39, 0.29) is 30.5 Å². The van der Waals surface area contributed by atoms with Gasteiger partial charge in [0.1, 0.15) is 0 Å². The molecule has 1 aliphatic heterocycles. The average molecular weight is 314 g/mol. The molecule has 1 unspecified atom stereocenters. The maximum Gasteiger partial charge on any atom is 0.227 e. The second-order valence-electron chi connectivity index (χ2n) is 5.74. The molecule has 4 nitrogen and oxygen atoms in total. The van der Waals surface area contributed by atoms with Crippen LogP contribution in [0, 0.1) is 29.3 Å². The van der Waals surface area contributed by atoms with Gasteiger partial charge in [0, 0.05) is 19.5 Å². The Labute approximate surface area is 126 Å². The zero-order valence-electron chi connectivity index (χ0n) is 12.3. The van der Waals surface area contributed by atoms with Crippen molar-refractivity contribution in [1.29, 1.82) is 0 Å². The fourth-order valence-electron chi connectivity index (χ4n) is 2.29. The summed E-state index contributed by atoms with van der Waals surface area (Å²) in [5.41, 5.74) is -0.344. The second kappa shape index (κ2) is 6.37. The van der Waals surface area contributed by atoms with Crippen molar-refractivity contribution in [1.82, 2.24) is 5.32 Å². The molecule has 0 aromatic heterocycles. The van der Waals surface area contributed by atoms with Gasteiger partial charge in [0.05, 0.1) is 11.6 Å². The highest BCUT2D eigenvalue weighted by atomic mass is 19.2. The molecule has 1 fully saturated rings. The Bertz CT molecular complexity index is 605. The van der Waals surface area contributed by atoms with Crippen molar-refractivity contribution < 1.29 is 22.8 Å². The Morgan fingerprint density at radius 2 is 2.00 bits per heavy atom. The lowest BCUT2D eigenvalue weighted by Crippen LogP contribution is -2.35. The van der Waals surface area contributed by atoms with E-state index in [9.17, 15) is 22.8 Å². The number of nitrogens with zero attached hydrogens (tertiary/aromatic N) is 1. The molecule has 1 aromatic carbocycles. The lowest BCUT2D eigenvalue weighted by molar-refractivity contribution is -0.126. The molecule has 7 heteroatoms. The first-order valence-electron chi connectivity index (χ1n) is 7.02. The van der Waals surface area contributed by atoms with Crippen LogP contribution in [0.5, 0.6) is 0 Å². The van der Waals surface area contributed by atoms with Crippen LogP contribution in [0.2, 0.25) is 0 Å². The van der Waals surface area contributed by atoms with Crippen molar-refractivity contribution >= 4 is 17.5 Å². The minimum absolute atomic E-state index is 0.0508. The van der Waals surface area contributed by atoms with Crippen LogP contribution in [0.25, 0.3) is 0 Å². The van der Waals surface area contributed by atoms with Crippen LogP contribution in [0.4, 0.5) is 18.9 Å². The van der Waals surface area contributed by atoms with Crippen molar-refractivity contribution in [2.24, 2.45) is 11.8 Å². The zero-order chi connectivity index (χ0) is 16.4. The highest BCUT2D eigenvalue weighted by Gasteiger charge is 2.36. The number of carbonyl (C=O) groups excluding carboxylic acids is 2. The van der Waals surface area contributed by atoms with E-state index in [1.165, 1.54) is 0 Å². The minimum atomic E-state index is -1.63. The third-order valence-electron chi connectivity index (χ3n) is 3.49. The van der Waals surface area contributed by atoms with E-state index < -0.39 is 29.3 Å². The van der Waals surface area contributed by atoms with Crippen LogP contribution < -0.4 is 10.2 Å². The van der Waals surface area contributed by atoms with Gasteiger partial charge in [-0.05, 0) is 18.1 Å². The minimum Gasteiger partial charge on any atom is -0.356 e. The molecular weight excluding hydrogens is 297 g/mol. The molecule has 0 bridgehead atoms. The summed E-state index contributed by atoms with van der Waals surface area (Å²) in [7, 11) is 0. The van der Waals surface area contributed by atoms with Gasteiger partial charge in [-0.15, -0.1) is 0 Å². The molecule has 0 spiro atoms. The van der Waals surface area contributed by atoms with E-state index in [4.69, 9.17) is 0 Å². The number of rotatable bonds is 4. The van der Waals surface area contributed by atoms with E-state index >= 15 is 0 Å². The summed E-state index contributed by atoms with van der Waals surface area (Å²) in [4.78, 5) is 24.9. The number of hydrogen-bond donors (Lipinski definition) is 1. The van der Waals surface area contributed by atoms with E-state index in [0.29, 0.717) is 6.54 Å². The Hall–Kier alpha value is -2.05. The standard InChI is InChI=1S/C15H17F3N2O2/c1-8(2)6-19-15(22)9-5-12(21)20(7-9)11-4-3-10(16)13(17)14(11)18/h3-4,8-9H,5-7H2,1-2H3,(H,19,22). The summed E-state index contributed by atoms with van der Waals surface area (Å²) in [6, 6.07) is 1.76. The number of nitrogens with one attached hydrogen (secondary N) is 1. The average Bonchev–Trinajstić information content (AvgIpc) is 2.84.